The highest BCUT2D eigenvalue weighted by molar-refractivity contribution is 7.98. The van der Waals surface area contributed by atoms with Gasteiger partial charge in [-0.15, -0.1) is 21.5 Å². The molecule has 0 radical (unpaired) electrons. The van der Waals surface area contributed by atoms with Crippen LogP contribution in [0.1, 0.15) is 12.6 Å². The average Bonchev–Trinajstić information content (AvgIpc) is 3.27. The van der Waals surface area contributed by atoms with Crippen LogP contribution in [0.2, 0.25) is 0 Å². The third-order valence-electron chi connectivity index (χ3n) is 4.01. The van der Waals surface area contributed by atoms with Crippen LogP contribution in [0.3, 0.4) is 0 Å². The zero-order chi connectivity index (χ0) is 17.2. The molecule has 0 unspecified atom stereocenters. The number of rotatable bonds is 5. The van der Waals surface area contributed by atoms with Gasteiger partial charge in [0.2, 0.25) is 5.95 Å². The molecule has 1 aliphatic rings. The second kappa shape index (κ2) is 7.14. The first-order valence-corrected chi connectivity index (χ1v) is 9.97. The van der Waals surface area contributed by atoms with Gasteiger partial charge in [-0.3, -0.25) is 13.8 Å². The molecule has 3 aromatic heterocycles. The summed E-state index contributed by atoms with van der Waals surface area (Å²) >= 11 is 3.01. The van der Waals surface area contributed by atoms with Crippen molar-refractivity contribution in [3.8, 4) is 0 Å². The number of aromatic nitrogens is 5. The fourth-order valence-electron chi connectivity index (χ4n) is 2.76. The van der Waals surface area contributed by atoms with Crippen LogP contribution in [0.4, 0.5) is 5.95 Å². The number of morpholine rings is 1. The topological polar surface area (TPSA) is 77.5 Å². The van der Waals surface area contributed by atoms with E-state index in [1.54, 1.807) is 28.4 Å². The lowest BCUT2D eigenvalue weighted by atomic mass is 10.4. The minimum Gasteiger partial charge on any atom is -0.378 e. The predicted molar refractivity (Wildman–Crippen MR) is 97.6 cm³/mol. The molecule has 0 aromatic carbocycles. The van der Waals surface area contributed by atoms with Crippen molar-refractivity contribution < 1.29 is 4.74 Å². The fraction of sp³-hybridized carbons (Fsp3) is 0.467. The molecule has 0 aliphatic carbocycles. The maximum absolute atomic E-state index is 12.1. The van der Waals surface area contributed by atoms with Crippen molar-refractivity contribution in [1.82, 2.24) is 24.1 Å². The molecule has 4 heterocycles. The molecule has 0 atom stereocenters. The van der Waals surface area contributed by atoms with Crippen molar-refractivity contribution in [1.29, 1.82) is 0 Å². The number of hydrogen-bond donors (Lipinski definition) is 0. The van der Waals surface area contributed by atoms with Gasteiger partial charge in [0, 0.05) is 43.0 Å². The minimum absolute atomic E-state index is 0.0483. The molecule has 0 bridgehead atoms. The quantitative estimate of drug-likeness (QED) is 0.623. The summed E-state index contributed by atoms with van der Waals surface area (Å²) in [6, 6.07) is 1.59. The third kappa shape index (κ3) is 3.29. The molecule has 0 amide bonds. The van der Waals surface area contributed by atoms with E-state index >= 15 is 0 Å². The number of hydrogen-bond acceptors (Lipinski definition) is 8. The average molecular weight is 378 g/mol. The number of thioether (sulfide) groups is 1. The molecule has 1 fully saturated rings. The summed E-state index contributed by atoms with van der Waals surface area (Å²) in [4.78, 5) is 19.5. The van der Waals surface area contributed by atoms with Crippen molar-refractivity contribution in [2.75, 3.05) is 31.2 Å². The second-order valence-electron chi connectivity index (χ2n) is 5.56. The normalized spacial score (nSPS) is 15.2. The maximum Gasteiger partial charge on any atom is 0.258 e. The molecular formula is C15H18N6O2S2. The van der Waals surface area contributed by atoms with Crippen LogP contribution in [0.25, 0.3) is 4.96 Å². The summed E-state index contributed by atoms with van der Waals surface area (Å²) < 4.78 is 9.07. The summed E-state index contributed by atoms with van der Waals surface area (Å²) in [5.41, 5.74) is 0.712. The Bertz CT molecular complexity index is 928. The highest BCUT2D eigenvalue weighted by Gasteiger charge is 2.20. The Morgan fingerprint density at radius 2 is 2.16 bits per heavy atom. The van der Waals surface area contributed by atoms with E-state index in [1.165, 1.54) is 11.3 Å². The van der Waals surface area contributed by atoms with E-state index in [-0.39, 0.29) is 5.56 Å². The van der Waals surface area contributed by atoms with Gasteiger partial charge in [0.1, 0.15) is 0 Å². The monoisotopic (exact) mass is 378 g/mol. The highest BCUT2D eigenvalue weighted by atomic mass is 32.2. The van der Waals surface area contributed by atoms with E-state index in [0.29, 0.717) is 23.9 Å². The van der Waals surface area contributed by atoms with Crippen LogP contribution >= 0.6 is 23.1 Å². The summed E-state index contributed by atoms with van der Waals surface area (Å²) in [6.45, 7) is 5.97. The Morgan fingerprint density at radius 1 is 1.32 bits per heavy atom. The molecule has 4 rings (SSSR count). The first-order chi connectivity index (χ1) is 12.3. The van der Waals surface area contributed by atoms with Crippen LogP contribution in [0, 0.1) is 0 Å². The Kier molecular flexibility index (Phi) is 4.73. The number of ether oxygens (including phenoxy) is 1. The van der Waals surface area contributed by atoms with Crippen molar-refractivity contribution in [2.45, 2.75) is 24.4 Å². The van der Waals surface area contributed by atoms with Crippen molar-refractivity contribution in [3.05, 3.63) is 33.7 Å². The summed E-state index contributed by atoms with van der Waals surface area (Å²) in [6.07, 6.45) is 1.74. The van der Waals surface area contributed by atoms with Gasteiger partial charge >= 0.3 is 0 Å². The molecule has 132 valence electrons. The molecule has 1 saturated heterocycles. The van der Waals surface area contributed by atoms with Gasteiger partial charge in [-0.05, 0) is 6.92 Å². The van der Waals surface area contributed by atoms with Gasteiger partial charge in [-0.2, -0.15) is 0 Å². The van der Waals surface area contributed by atoms with E-state index in [1.807, 2.05) is 5.38 Å². The smallest absolute Gasteiger partial charge is 0.258 e. The molecular weight excluding hydrogens is 360 g/mol. The number of thiazole rings is 1. The molecule has 10 heteroatoms. The van der Waals surface area contributed by atoms with Crippen molar-refractivity contribution in [2.24, 2.45) is 0 Å². The molecule has 8 nitrogen and oxygen atoms in total. The number of nitrogens with zero attached hydrogens (tertiary/aromatic N) is 6. The lowest BCUT2D eigenvalue weighted by Crippen LogP contribution is -2.38. The lowest BCUT2D eigenvalue weighted by molar-refractivity contribution is 0.121. The first-order valence-electron chi connectivity index (χ1n) is 8.10. The van der Waals surface area contributed by atoms with Gasteiger partial charge in [0.25, 0.3) is 5.56 Å². The summed E-state index contributed by atoms with van der Waals surface area (Å²) in [5, 5.41) is 11.4. The summed E-state index contributed by atoms with van der Waals surface area (Å²) in [7, 11) is 0. The number of fused-ring (bicyclic) bond motifs is 1. The van der Waals surface area contributed by atoms with E-state index in [4.69, 9.17) is 4.74 Å². The molecule has 1 aliphatic heterocycles. The standard InChI is InChI=1S/C15H18N6O2S2/c1-2-20-13(19-3-6-23-7-4-19)17-18-15(20)25-10-11-9-12(22)21-5-8-24-14(21)16-11/h5,8-9H,2-4,6-7,10H2,1H3. The van der Waals surface area contributed by atoms with Crippen LogP contribution in [0.5, 0.6) is 0 Å². The van der Waals surface area contributed by atoms with Gasteiger partial charge in [-0.1, -0.05) is 11.8 Å². The Morgan fingerprint density at radius 3 is 2.96 bits per heavy atom. The van der Waals surface area contributed by atoms with Gasteiger partial charge < -0.3 is 9.64 Å². The maximum atomic E-state index is 12.1. The third-order valence-corrected chi connectivity index (χ3v) is 5.77. The molecule has 3 aromatic rings. The molecule has 25 heavy (non-hydrogen) atoms. The number of anilines is 1. The zero-order valence-electron chi connectivity index (χ0n) is 13.8. The van der Waals surface area contributed by atoms with E-state index < -0.39 is 0 Å². The second-order valence-corrected chi connectivity index (χ2v) is 7.37. The van der Waals surface area contributed by atoms with Crippen LogP contribution < -0.4 is 10.5 Å². The van der Waals surface area contributed by atoms with E-state index in [2.05, 4.69) is 31.6 Å². The Hall–Kier alpha value is -1.91. The van der Waals surface area contributed by atoms with E-state index in [9.17, 15) is 4.79 Å². The van der Waals surface area contributed by atoms with Crippen LogP contribution in [-0.2, 0) is 17.0 Å². The van der Waals surface area contributed by atoms with Gasteiger partial charge in [-0.25, -0.2) is 4.98 Å². The Labute approximate surface area is 152 Å². The SMILES string of the molecule is CCn1c(SCc2cc(=O)n3ccsc3n2)nnc1N1CCOCC1. The van der Waals surface area contributed by atoms with Crippen molar-refractivity contribution in [3.63, 3.8) is 0 Å². The summed E-state index contributed by atoms with van der Waals surface area (Å²) in [5.74, 6) is 1.47. The fourth-order valence-corrected chi connectivity index (χ4v) is 4.39. The Balaban J connectivity index is 1.53. The molecule has 0 N–H and O–H groups in total. The predicted octanol–water partition coefficient (Wildman–Crippen LogP) is 1.50. The van der Waals surface area contributed by atoms with Crippen LogP contribution in [0.15, 0.2) is 27.6 Å². The van der Waals surface area contributed by atoms with Gasteiger partial charge in [0.15, 0.2) is 10.1 Å². The molecule has 0 spiro atoms. The largest absolute Gasteiger partial charge is 0.378 e. The zero-order valence-corrected chi connectivity index (χ0v) is 15.4. The van der Waals surface area contributed by atoms with E-state index in [0.717, 1.165) is 36.4 Å². The van der Waals surface area contributed by atoms with Gasteiger partial charge in [0.05, 0.1) is 18.9 Å². The highest BCUT2D eigenvalue weighted by Crippen LogP contribution is 2.25. The van der Waals surface area contributed by atoms with Crippen LogP contribution in [-0.4, -0.2) is 50.5 Å². The first kappa shape index (κ1) is 16.6. The minimum atomic E-state index is -0.0483. The van der Waals surface area contributed by atoms with Crippen molar-refractivity contribution >= 4 is 34.0 Å². The molecule has 0 saturated carbocycles. The lowest BCUT2D eigenvalue weighted by Gasteiger charge is -2.27.